The van der Waals surface area contributed by atoms with Gasteiger partial charge in [-0.25, -0.2) is 0 Å². The molecule has 116 valence electrons. The predicted octanol–water partition coefficient (Wildman–Crippen LogP) is 0.531. The molecule has 2 rings (SSSR count). The molecule has 0 bridgehead atoms. The number of nitrogens with one attached hydrogen (secondary N) is 1. The van der Waals surface area contributed by atoms with Crippen molar-refractivity contribution in [2.75, 3.05) is 53.0 Å². The van der Waals surface area contributed by atoms with Crippen LogP contribution in [0.5, 0.6) is 0 Å². The summed E-state index contributed by atoms with van der Waals surface area (Å²) in [6.45, 7) is 2.65. The van der Waals surface area contributed by atoms with Crippen LogP contribution in [0.25, 0.3) is 0 Å². The van der Waals surface area contributed by atoms with Gasteiger partial charge < -0.3 is 15.0 Å². The lowest BCUT2D eigenvalue weighted by atomic mass is 10.2. The Morgan fingerprint density at radius 1 is 1.30 bits per heavy atom. The van der Waals surface area contributed by atoms with Crippen molar-refractivity contribution in [1.82, 2.24) is 15.1 Å². The van der Waals surface area contributed by atoms with E-state index in [4.69, 9.17) is 4.74 Å². The number of alkyl halides is 3. The second-order valence-corrected chi connectivity index (χ2v) is 5.07. The summed E-state index contributed by atoms with van der Waals surface area (Å²) >= 11 is 0. The summed E-state index contributed by atoms with van der Waals surface area (Å²) in [5.41, 5.74) is 0. The van der Waals surface area contributed by atoms with Crippen LogP contribution < -0.4 is 5.32 Å². The number of nitrogens with zero attached hydrogens (tertiary/aromatic N) is 3. The fourth-order valence-electron chi connectivity index (χ4n) is 2.44. The van der Waals surface area contributed by atoms with E-state index in [1.54, 1.807) is 0 Å². The topological polar surface area (TPSA) is 40.1 Å². The minimum absolute atomic E-state index is 0.174. The molecule has 0 spiro atoms. The van der Waals surface area contributed by atoms with Crippen LogP contribution in [0, 0.1) is 0 Å². The van der Waals surface area contributed by atoms with E-state index in [9.17, 15) is 13.2 Å². The summed E-state index contributed by atoms with van der Waals surface area (Å²) in [4.78, 5) is 7.52. The first-order valence-corrected chi connectivity index (χ1v) is 6.86. The van der Waals surface area contributed by atoms with Gasteiger partial charge in [-0.05, 0) is 6.42 Å². The van der Waals surface area contributed by atoms with Crippen molar-refractivity contribution in [3.05, 3.63) is 0 Å². The van der Waals surface area contributed by atoms with E-state index in [1.807, 2.05) is 11.9 Å². The molecular formula is C12H21F3N4O. The van der Waals surface area contributed by atoms with Crippen molar-refractivity contribution < 1.29 is 17.9 Å². The van der Waals surface area contributed by atoms with E-state index in [-0.39, 0.29) is 6.54 Å². The number of aliphatic imine (C=N–C) groups is 1. The van der Waals surface area contributed by atoms with Gasteiger partial charge in [0, 0.05) is 39.8 Å². The third-order valence-electron chi connectivity index (χ3n) is 3.59. The Hall–Kier alpha value is -1.02. The molecule has 0 radical (unpaired) electrons. The van der Waals surface area contributed by atoms with Gasteiger partial charge >= 0.3 is 6.18 Å². The van der Waals surface area contributed by atoms with Gasteiger partial charge in [0.15, 0.2) is 5.96 Å². The number of ether oxygens (including phenoxy) is 1. The highest BCUT2D eigenvalue weighted by atomic mass is 19.4. The van der Waals surface area contributed by atoms with Crippen LogP contribution in [0.3, 0.4) is 0 Å². The molecule has 1 unspecified atom stereocenters. The van der Waals surface area contributed by atoms with Gasteiger partial charge in [-0.1, -0.05) is 0 Å². The van der Waals surface area contributed by atoms with Gasteiger partial charge in [0.05, 0.1) is 13.2 Å². The standard InChI is InChI=1S/C12H21F3N4O/c1-18-4-2-3-16-11(18)17-9-10(12(13,14)15)19-5-7-20-8-6-19/h10H,2-9H2,1H3,(H,16,17). The van der Waals surface area contributed by atoms with Gasteiger partial charge in [0.25, 0.3) is 0 Å². The number of guanidine groups is 1. The maximum atomic E-state index is 13.2. The van der Waals surface area contributed by atoms with E-state index in [0.29, 0.717) is 38.8 Å². The molecule has 2 aliphatic rings. The zero-order valence-corrected chi connectivity index (χ0v) is 11.6. The maximum Gasteiger partial charge on any atom is 0.405 e. The number of halogens is 3. The van der Waals surface area contributed by atoms with Crippen LogP contribution in [0.15, 0.2) is 4.99 Å². The number of hydrogen-bond acceptors (Lipinski definition) is 5. The first kappa shape index (κ1) is 15.4. The normalized spacial score (nSPS) is 23.4. The number of morpholine rings is 1. The Bertz CT molecular complexity index is 342. The van der Waals surface area contributed by atoms with E-state index >= 15 is 0 Å². The zero-order valence-electron chi connectivity index (χ0n) is 11.6. The van der Waals surface area contributed by atoms with E-state index < -0.39 is 12.2 Å². The molecular weight excluding hydrogens is 273 g/mol. The molecule has 1 fully saturated rings. The van der Waals surface area contributed by atoms with Crippen LogP contribution in [0.1, 0.15) is 6.42 Å². The summed E-state index contributed by atoms with van der Waals surface area (Å²) < 4.78 is 44.7. The third kappa shape index (κ3) is 3.99. The monoisotopic (exact) mass is 294 g/mol. The quantitative estimate of drug-likeness (QED) is 0.824. The van der Waals surface area contributed by atoms with Crippen molar-refractivity contribution in [2.45, 2.75) is 18.6 Å². The zero-order chi connectivity index (χ0) is 14.6. The molecule has 1 saturated heterocycles. The van der Waals surface area contributed by atoms with Gasteiger partial charge in [0.1, 0.15) is 6.04 Å². The molecule has 5 nitrogen and oxygen atoms in total. The summed E-state index contributed by atoms with van der Waals surface area (Å²) in [6, 6.07) is -1.50. The largest absolute Gasteiger partial charge is 0.405 e. The van der Waals surface area contributed by atoms with Gasteiger partial charge in [-0.3, -0.25) is 9.89 Å². The van der Waals surface area contributed by atoms with E-state index in [1.165, 1.54) is 4.90 Å². The lowest BCUT2D eigenvalue weighted by Crippen LogP contribution is -2.57. The van der Waals surface area contributed by atoms with Crippen molar-refractivity contribution in [3.8, 4) is 0 Å². The van der Waals surface area contributed by atoms with Gasteiger partial charge in [0.2, 0.25) is 0 Å². The lowest BCUT2D eigenvalue weighted by Gasteiger charge is -2.36. The molecule has 20 heavy (non-hydrogen) atoms. The average molecular weight is 294 g/mol. The molecule has 2 aliphatic heterocycles. The molecule has 0 saturated carbocycles. The predicted molar refractivity (Wildman–Crippen MR) is 69.8 cm³/mol. The van der Waals surface area contributed by atoms with Crippen LogP contribution >= 0.6 is 0 Å². The molecule has 8 heteroatoms. The smallest absolute Gasteiger partial charge is 0.379 e. The lowest BCUT2D eigenvalue weighted by molar-refractivity contribution is -0.189. The fourth-order valence-corrected chi connectivity index (χ4v) is 2.44. The van der Waals surface area contributed by atoms with Crippen LogP contribution in [0.2, 0.25) is 0 Å². The first-order valence-electron chi connectivity index (χ1n) is 6.86. The Kier molecular flexibility index (Phi) is 5.09. The highest BCUT2D eigenvalue weighted by molar-refractivity contribution is 5.80. The Balaban J connectivity index is 1.95. The maximum absolute atomic E-state index is 13.2. The molecule has 0 amide bonds. The van der Waals surface area contributed by atoms with Gasteiger partial charge in [-0.2, -0.15) is 13.2 Å². The molecule has 1 N–H and O–H groups in total. The van der Waals surface area contributed by atoms with Gasteiger partial charge in [-0.15, -0.1) is 0 Å². The molecule has 0 aromatic rings. The Morgan fingerprint density at radius 2 is 2.00 bits per heavy atom. The summed E-state index contributed by atoms with van der Waals surface area (Å²) in [5, 5.41) is 2.85. The van der Waals surface area contributed by atoms with E-state index in [2.05, 4.69) is 10.3 Å². The van der Waals surface area contributed by atoms with Crippen LogP contribution in [0.4, 0.5) is 13.2 Å². The van der Waals surface area contributed by atoms with Crippen molar-refractivity contribution >= 4 is 5.96 Å². The average Bonchev–Trinajstić information content (AvgIpc) is 2.41. The second-order valence-electron chi connectivity index (χ2n) is 5.07. The first-order chi connectivity index (χ1) is 9.48. The molecule has 2 heterocycles. The summed E-state index contributed by atoms with van der Waals surface area (Å²) in [7, 11) is 1.84. The third-order valence-corrected chi connectivity index (χ3v) is 3.59. The highest BCUT2D eigenvalue weighted by Gasteiger charge is 2.44. The van der Waals surface area contributed by atoms with Crippen molar-refractivity contribution in [3.63, 3.8) is 0 Å². The molecule has 0 aliphatic carbocycles. The van der Waals surface area contributed by atoms with Crippen LogP contribution in [-0.2, 0) is 4.74 Å². The highest BCUT2D eigenvalue weighted by Crippen LogP contribution is 2.25. The Morgan fingerprint density at radius 3 is 2.60 bits per heavy atom. The fraction of sp³-hybridized carbons (Fsp3) is 0.917. The minimum atomic E-state index is -4.25. The molecule has 0 aromatic carbocycles. The number of rotatable bonds is 3. The minimum Gasteiger partial charge on any atom is -0.379 e. The van der Waals surface area contributed by atoms with Crippen molar-refractivity contribution in [2.24, 2.45) is 4.99 Å². The SMILES string of the molecule is CN1CCCN=C1NCC(N1CCOCC1)C(F)(F)F. The second kappa shape index (κ2) is 6.62. The molecule has 1 atom stereocenters. The van der Waals surface area contributed by atoms with E-state index in [0.717, 1.165) is 13.0 Å². The molecule has 0 aromatic heterocycles. The Labute approximate surface area is 116 Å². The number of hydrogen-bond donors (Lipinski definition) is 1. The van der Waals surface area contributed by atoms with Crippen LogP contribution in [-0.4, -0.2) is 81.0 Å². The van der Waals surface area contributed by atoms with Crippen molar-refractivity contribution in [1.29, 1.82) is 0 Å². The summed E-state index contributed by atoms with van der Waals surface area (Å²) in [6.07, 6.45) is -3.31. The summed E-state index contributed by atoms with van der Waals surface area (Å²) in [5.74, 6) is 0.554.